The van der Waals surface area contributed by atoms with Crippen LogP contribution in [0.4, 0.5) is 4.79 Å². The topological polar surface area (TPSA) is 79.0 Å². The number of likely N-dealkylation sites (tertiary alicyclic amines) is 1. The van der Waals surface area contributed by atoms with Gasteiger partial charge in [-0.25, -0.2) is 4.79 Å². The van der Waals surface area contributed by atoms with Crippen molar-refractivity contribution in [3.8, 4) is 5.75 Å². The Labute approximate surface area is 163 Å². The quantitative estimate of drug-likeness (QED) is 0.592. The average molecular weight is 394 g/mol. The van der Waals surface area contributed by atoms with E-state index >= 15 is 0 Å². The zero-order valence-corrected chi connectivity index (χ0v) is 16.3. The fourth-order valence-corrected chi connectivity index (χ4v) is 3.92. The van der Waals surface area contributed by atoms with Crippen molar-refractivity contribution in [2.45, 2.75) is 31.2 Å². The van der Waals surface area contributed by atoms with Gasteiger partial charge in [-0.3, -0.25) is 14.5 Å². The van der Waals surface area contributed by atoms with Crippen LogP contribution >= 0.6 is 11.6 Å². The fraction of sp³-hybridized carbons (Fsp3) is 0.526. The summed E-state index contributed by atoms with van der Waals surface area (Å²) in [5, 5.41) is 3.34. The maximum atomic E-state index is 12.5. The number of rotatable bonds is 6. The van der Waals surface area contributed by atoms with Gasteiger partial charge in [0.25, 0.3) is 5.91 Å². The molecule has 0 unspecified atom stereocenters. The molecular weight excluding hydrogens is 370 g/mol. The highest BCUT2D eigenvalue weighted by atomic mass is 35.5. The molecule has 8 heteroatoms. The Hall–Kier alpha value is -2.12. The third kappa shape index (κ3) is 3.94. The zero-order valence-electron chi connectivity index (χ0n) is 15.6. The minimum Gasteiger partial charge on any atom is -0.496 e. The van der Waals surface area contributed by atoms with Crippen LogP contribution in [0.1, 0.15) is 36.0 Å². The van der Waals surface area contributed by atoms with E-state index in [1.54, 1.807) is 18.2 Å². The zero-order chi connectivity index (χ0) is 19.6. The van der Waals surface area contributed by atoms with Crippen molar-refractivity contribution in [1.82, 2.24) is 15.1 Å². The van der Waals surface area contributed by atoms with Gasteiger partial charge in [-0.05, 0) is 44.0 Å². The monoisotopic (exact) mass is 393 g/mol. The summed E-state index contributed by atoms with van der Waals surface area (Å²) in [6, 6.07) is 4.71. The number of ether oxygens (including phenoxy) is 1. The number of methoxy groups -OCH3 is 1. The Morgan fingerprint density at radius 2 is 2.00 bits per heavy atom. The predicted octanol–water partition coefficient (Wildman–Crippen LogP) is 2.33. The molecule has 1 N–H and O–H groups in total. The smallest absolute Gasteiger partial charge is 0.324 e. The Morgan fingerprint density at radius 1 is 1.30 bits per heavy atom. The molecule has 0 saturated carbocycles. The molecule has 2 fully saturated rings. The normalized spacial score (nSPS) is 19.4. The molecule has 2 heterocycles. The second kappa shape index (κ2) is 7.86. The van der Waals surface area contributed by atoms with Gasteiger partial charge < -0.3 is 15.0 Å². The molecule has 146 valence electrons. The maximum Gasteiger partial charge on any atom is 0.324 e. The Morgan fingerprint density at radius 3 is 2.59 bits per heavy atom. The highest BCUT2D eigenvalue weighted by molar-refractivity contribution is 6.31. The number of hydrogen-bond acceptors (Lipinski definition) is 5. The molecule has 0 aromatic heterocycles. The standard InChI is InChI=1S/C19H24ClN3O4/c1-22-17(25)19(21-18(22)26)7-10-23(11-8-19)9-3-4-15(24)14-12-13(20)5-6-16(14)27-2/h5-6,12H,3-4,7-11H2,1-2H3,(H,21,26). The molecule has 0 bridgehead atoms. The lowest BCUT2D eigenvalue weighted by molar-refractivity contribution is -0.132. The summed E-state index contributed by atoms with van der Waals surface area (Å²) in [6.45, 7) is 2.20. The van der Waals surface area contributed by atoms with Crippen LogP contribution < -0.4 is 10.1 Å². The van der Waals surface area contributed by atoms with Crippen LogP contribution in [-0.2, 0) is 4.79 Å². The van der Waals surface area contributed by atoms with Gasteiger partial charge >= 0.3 is 6.03 Å². The first-order chi connectivity index (χ1) is 12.9. The highest BCUT2D eigenvalue weighted by Gasteiger charge is 2.50. The number of imide groups is 1. The molecule has 0 aliphatic carbocycles. The summed E-state index contributed by atoms with van der Waals surface area (Å²) in [6.07, 6.45) is 2.30. The number of halogens is 1. The molecule has 1 aromatic carbocycles. The summed E-state index contributed by atoms with van der Waals surface area (Å²) in [5.74, 6) is 0.391. The summed E-state index contributed by atoms with van der Waals surface area (Å²) in [5.41, 5.74) is -0.239. The Balaban J connectivity index is 1.49. The van der Waals surface area contributed by atoms with E-state index in [1.807, 2.05) is 0 Å². The van der Waals surface area contributed by atoms with E-state index in [9.17, 15) is 14.4 Å². The van der Waals surface area contributed by atoms with Crippen LogP contribution in [0.5, 0.6) is 5.75 Å². The van der Waals surface area contributed by atoms with Gasteiger partial charge in [0.15, 0.2) is 5.78 Å². The number of ketones is 1. The van der Waals surface area contributed by atoms with Crippen molar-refractivity contribution in [2.24, 2.45) is 0 Å². The third-order valence-electron chi connectivity index (χ3n) is 5.41. The van der Waals surface area contributed by atoms with Gasteiger partial charge in [0, 0.05) is 31.6 Å². The summed E-state index contributed by atoms with van der Waals surface area (Å²) >= 11 is 5.99. The second-order valence-corrected chi connectivity index (χ2v) is 7.53. The predicted molar refractivity (Wildman–Crippen MR) is 101 cm³/mol. The lowest BCUT2D eigenvalue weighted by Crippen LogP contribution is -2.54. The van der Waals surface area contributed by atoms with Crippen molar-refractivity contribution in [3.05, 3.63) is 28.8 Å². The molecule has 3 amide bonds. The minimum absolute atomic E-state index is 0.00249. The van der Waals surface area contributed by atoms with Gasteiger partial charge in [0.1, 0.15) is 11.3 Å². The molecular formula is C19H24ClN3O4. The number of benzene rings is 1. The number of Topliss-reactive ketones (excluding diaryl/α,β-unsaturated/α-hetero) is 1. The SMILES string of the molecule is COc1ccc(Cl)cc1C(=O)CCCN1CCC2(CC1)NC(=O)N(C)C2=O. The number of likely N-dealkylation sites (N-methyl/N-ethyl adjacent to an activating group) is 1. The molecule has 3 rings (SSSR count). The van der Waals surface area contributed by atoms with E-state index in [-0.39, 0.29) is 17.7 Å². The number of carbonyl (C=O) groups is 3. The molecule has 0 atom stereocenters. The summed E-state index contributed by atoms with van der Waals surface area (Å²) in [7, 11) is 3.04. The van der Waals surface area contributed by atoms with E-state index in [1.165, 1.54) is 14.2 Å². The van der Waals surface area contributed by atoms with Crippen LogP contribution in [0.2, 0.25) is 5.02 Å². The van der Waals surface area contributed by atoms with Crippen LogP contribution in [-0.4, -0.2) is 66.9 Å². The largest absolute Gasteiger partial charge is 0.496 e. The van der Waals surface area contributed by atoms with Crippen LogP contribution in [0, 0.1) is 0 Å². The van der Waals surface area contributed by atoms with Crippen LogP contribution in [0.3, 0.4) is 0 Å². The second-order valence-electron chi connectivity index (χ2n) is 7.09. The van der Waals surface area contributed by atoms with Gasteiger partial charge in [0.2, 0.25) is 0 Å². The molecule has 7 nitrogen and oxygen atoms in total. The first-order valence-electron chi connectivity index (χ1n) is 9.06. The molecule has 0 radical (unpaired) electrons. The van der Waals surface area contributed by atoms with Crippen LogP contribution in [0.15, 0.2) is 18.2 Å². The van der Waals surface area contributed by atoms with E-state index in [2.05, 4.69) is 10.2 Å². The number of urea groups is 1. The van der Waals surface area contributed by atoms with E-state index in [0.717, 1.165) is 11.4 Å². The van der Waals surface area contributed by atoms with Gasteiger partial charge in [-0.1, -0.05) is 11.6 Å². The van der Waals surface area contributed by atoms with Crippen LogP contribution in [0.25, 0.3) is 0 Å². The fourth-order valence-electron chi connectivity index (χ4n) is 3.75. The molecule has 1 aromatic rings. The molecule has 2 saturated heterocycles. The number of carbonyl (C=O) groups excluding carboxylic acids is 3. The number of nitrogens with zero attached hydrogens (tertiary/aromatic N) is 2. The van der Waals surface area contributed by atoms with E-state index in [0.29, 0.717) is 55.1 Å². The Bertz CT molecular complexity index is 759. The Kier molecular flexibility index (Phi) is 5.72. The number of hydrogen-bond donors (Lipinski definition) is 1. The average Bonchev–Trinajstić information content (AvgIpc) is 2.87. The third-order valence-corrected chi connectivity index (χ3v) is 5.65. The van der Waals surface area contributed by atoms with E-state index in [4.69, 9.17) is 16.3 Å². The van der Waals surface area contributed by atoms with Crippen molar-refractivity contribution < 1.29 is 19.1 Å². The molecule has 27 heavy (non-hydrogen) atoms. The van der Waals surface area contributed by atoms with Crippen molar-refractivity contribution in [1.29, 1.82) is 0 Å². The highest BCUT2D eigenvalue weighted by Crippen LogP contribution is 2.29. The van der Waals surface area contributed by atoms with Crippen molar-refractivity contribution in [3.63, 3.8) is 0 Å². The summed E-state index contributed by atoms with van der Waals surface area (Å²) in [4.78, 5) is 39.9. The van der Waals surface area contributed by atoms with Gasteiger partial charge in [-0.2, -0.15) is 0 Å². The van der Waals surface area contributed by atoms with E-state index < -0.39 is 5.54 Å². The first kappa shape index (κ1) is 19.6. The first-order valence-corrected chi connectivity index (χ1v) is 9.43. The number of amides is 3. The molecule has 1 spiro atoms. The maximum absolute atomic E-state index is 12.5. The van der Waals surface area contributed by atoms with Crippen molar-refractivity contribution in [2.75, 3.05) is 33.8 Å². The minimum atomic E-state index is -0.744. The number of piperidine rings is 1. The molecule has 2 aliphatic heterocycles. The lowest BCUT2D eigenvalue weighted by Gasteiger charge is -2.37. The van der Waals surface area contributed by atoms with Gasteiger partial charge in [0.05, 0.1) is 12.7 Å². The van der Waals surface area contributed by atoms with Crippen molar-refractivity contribution >= 4 is 29.3 Å². The summed E-state index contributed by atoms with van der Waals surface area (Å²) < 4.78 is 5.24. The lowest BCUT2D eigenvalue weighted by atomic mass is 9.87. The van der Waals surface area contributed by atoms with Gasteiger partial charge in [-0.15, -0.1) is 0 Å². The number of nitrogens with one attached hydrogen (secondary N) is 1. The molecule has 2 aliphatic rings.